The molecular weight excluding hydrogens is 396 g/mol. The molecule has 0 aromatic heterocycles. The zero-order valence-corrected chi connectivity index (χ0v) is 16.0. The molecule has 2 aliphatic heterocycles. The average Bonchev–Trinajstić information content (AvgIpc) is 2.95. The van der Waals surface area contributed by atoms with Gasteiger partial charge < -0.3 is 9.84 Å². The SMILES string of the molecule is C[C@H](O)[C@@H]1C(=O)N2C(C(=O)OCc3ccc([N+](=O)[O-])cc3)=C(S(C)=O)S[C@H]12. The first-order chi connectivity index (χ1) is 12.7. The van der Waals surface area contributed by atoms with Crippen LogP contribution in [-0.2, 0) is 31.7 Å². The predicted octanol–water partition coefficient (Wildman–Crippen LogP) is 1.10. The number of fused-ring (bicyclic) bond motifs is 1. The van der Waals surface area contributed by atoms with E-state index in [-0.39, 0.29) is 22.2 Å². The lowest BCUT2D eigenvalue weighted by Crippen LogP contribution is -2.60. The molecule has 0 saturated carbocycles. The van der Waals surface area contributed by atoms with Gasteiger partial charge in [0.05, 0.1) is 27.7 Å². The Kier molecular flexibility index (Phi) is 5.36. The standard InChI is InChI=1S/C16H16N2O7S2/c1-8(19)11-13(20)17-12(16(27(2)24)26-14(11)17)15(21)25-7-9-3-5-10(6-4-9)18(22)23/h3-6,8,11,14,19H,7H2,1-2H3/t8-,11+,14+,27?/m0/s1. The Labute approximate surface area is 161 Å². The molecule has 11 heteroatoms. The highest BCUT2D eigenvalue weighted by atomic mass is 32.2. The van der Waals surface area contributed by atoms with Crippen molar-refractivity contribution in [2.75, 3.05) is 6.26 Å². The monoisotopic (exact) mass is 412 g/mol. The van der Waals surface area contributed by atoms with Crippen molar-refractivity contribution in [1.29, 1.82) is 0 Å². The molecule has 1 aromatic carbocycles. The number of carbonyl (C=O) groups is 2. The lowest BCUT2D eigenvalue weighted by atomic mass is 9.92. The van der Waals surface area contributed by atoms with Crippen molar-refractivity contribution in [3.05, 3.63) is 49.9 Å². The summed E-state index contributed by atoms with van der Waals surface area (Å²) in [5.74, 6) is -1.87. The molecule has 0 spiro atoms. The van der Waals surface area contributed by atoms with Crippen molar-refractivity contribution in [1.82, 2.24) is 4.90 Å². The summed E-state index contributed by atoms with van der Waals surface area (Å²) in [5.41, 5.74) is 0.393. The van der Waals surface area contributed by atoms with Crippen LogP contribution < -0.4 is 0 Å². The van der Waals surface area contributed by atoms with Gasteiger partial charge in [0, 0.05) is 18.4 Å². The van der Waals surface area contributed by atoms with Crippen LogP contribution in [0, 0.1) is 16.0 Å². The molecule has 0 radical (unpaired) electrons. The fourth-order valence-electron chi connectivity index (χ4n) is 2.88. The minimum atomic E-state index is -1.50. The summed E-state index contributed by atoms with van der Waals surface area (Å²) in [6, 6.07) is 5.51. The number of thioether (sulfide) groups is 1. The first-order valence-electron chi connectivity index (χ1n) is 7.88. The van der Waals surface area contributed by atoms with Gasteiger partial charge in [-0.1, -0.05) is 11.8 Å². The minimum Gasteiger partial charge on any atom is -0.456 e. The van der Waals surface area contributed by atoms with E-state index < -0.39 is 45.0 Å². The van der Waals surface area contributed by atoms with Crippen LogP contribution in [0.3, 0.4) is 0 Å². The second-order valence-electron chi connectivity index (χ2n) is 6.07. The maximum atomic E-state index is 12.5. The molecule has 9 nitrogen and oxygen atoms in total. The Morgan fingerprint density at radius 3 is 2.59 bits per heavy atom. The number of aliphatic hydroxyl groups is 1. The molecule has 1 N–H and O–H groups in total. The first kappa shape index (κ1) is 19.5. The van der Waals surface area contributed by atoms with E-state index in [1.165, 1.54) is 42.3 Å². The normalized spacial score (nSPS) is 23.5. The van der Waals surface area contributed by atoms with Crippen LogP contribution in [0.5, 0.6) is 0 Å². The molecule has 2 heterocycles. The van der Waals surface area contributed by atoms with E-state index in [2.05, 4.69) is 0 Å². The summed E-state index contributed by atoms with van der Waals surface area (Å²) in [5, 5.41) is 19.9. The Morgan fingerprint density at radius 1 is 1.44 bits per heavy atom. The number of benzene rings is 1. The van der Waals surface area contributed by atoms with Gasteiger partial charge in [0.1, 0.15) is 16.2 Å². The van der Waals surface area contributed by atoms with Crippen LogP contribution in [0.4, 0.5) is 5.69 Å². The summed E-state index contributed by atoms with van der Waals surface area (Å²) in [7, 11) is -1.50. The molecule has 1 saturated heterocycles. The molecule has 1 fully saturated rings. The Balaban J connectivity index is 1.74. The van der Waals surface area contributed by atoms with Gasteiger partial charge in [-0.3, -0.25) is 24.0 Å². The van der Waals surface area contributed by atoms with Gasteiger partial charge in [-0.05, 0) is 24.6 Å². The zero-order chi connectivity index (χ0) is 19.9. The number of β-lactam (4-membered cyclic amide) rings is 1. The third-order valence-corrected chi connectivity index (χ3v) is 7.10. The maximum absolute atomic E-state index is 12.5. The molecule has 0 bridgehead atoms. The number of aliphatic hydroxyl groups excluding tert-OH is 1. The highest BCUT2D eigenvalue weighted by molar-refractivity contribution is 8.17. The highest BCUT2D eigenvalue weighted by Gasteiger charge is 2.58. The zero-order valence-electron chi connectivity index (χ0n) is 14.4. The van der Waals surface area contributed by atoms with Gasteiger partial charge in [0.2, 0.25) is 5.91 Å². The van der Waals surface area contributed by atoms with Crippen molar-refractivity contribution in [3.8, 4) is 0 Å². The van der Waals surface area contributed by atoms with Gasteiger partial charge in [0.15, 0.2) is 5.70 Å². The summed E-state index contributed by atoms with van der Waals surface area (Å²) >= 11 is 1.12. The number of hydrogen-bond acceptors (Lipinski definition) is 8. The number of nitro groups is 1. The van der Waals surface area contributed by atoms with Crippen LogP contribution in [0.15, 0.2) is 34.2 Å². The highest BCUT2D eigenvalue weighted by Crippen LogP contribution is 2.51. The number of nitrogens with zero attached hydrogens (tertiary/aromatic N) is 2. The van der Waals surface area contributed by atoms with Crippen molar-refractivity contribution < 1.29 is 28.6 Å². The van der Waals surface area contributed by atoms with E-state index in [9.17, 15) is 29.0 Å². The van der Waals surface area contributed by atoms with Gasteiger partial charge in [-0.15, -0.1) is 0 Å². The Bertz CT molecular complexity index is 866. The lowest BCUT2D eigenvalue weighted by molar-refractivity contribution is -0.384. The lowest BCUT2D eigenvalue weighted by Gasteiger charge is -2.43. The fourth-order valence-corrected chi connectivity index (χ4v) is 5.48. The molecule has 3 rings (SSSR count). The van der Waals surface area contributed by atoms with E-state index in [1.807, 2.05) is 0 Å². The molecule has 1 amide bonds. The van der Waals surface area contributed by atoms with E-state index in [0.29, 0.717) is 5.56 Å². The van der Waals surface area contributed by atoms with Crippen molar-refractivity contribution in [3.63, 3.8) is 0 Å². The van der Waals surface area contributed by atoms with Crippen LogP contribution >= 0.6 is 11.8 Å². The predicted molar refractivity (Wildman–Crippen MR) is 97.4 cm³/mol. The quantitative estimate of drug-likeness (QED) is 0.318. The largest absolute Gasteiger partial charge is 0.456 e. The Hall–Kier alpha value is -2.24. The number of nitro benzene ring substituents is 1. The number of hydrogen-bond donors (Lipinski definition) is 1. The second-order valence-corrected chi connectivity index (χ2v) is 8.77. The maximum Gasteiger partial charge on any atom is 0.357 e. The second kappa shape index (κ2) is 7.41. The van der Waals surface area contributed by atoms with Gasteiger partial charge in [-0.25, -0.2) is 4.79 Å². The number of amides is 1. The number of rotatable bonds is 6. The molecule has 27 heavy (non-hydrogen) atoms. The number of ether oxygens (including phenoxy) is 1. The van der Waals surface area contributed by atoms with E-state index in [0.717, 1.165) is 11.8 Å². The Morgan fingerprint density at radius 2 is 2.07 bits per heavy atom. The number of carbonyl (C=O) groups excluding carboxylic acids is 2. The van der Waals surface area contributed by atoms with Crippen molar-refractivity contribution in [2.45, 2.75) is 25.0 Å². The van der Waals surface area contributed by atoms with Crippen molar-refractivity contribution in [2.24, 2.45) is 5.92 Å². The molecule has 2 aliphatic rings. The average molecular weight is 412 g/mol. The summed E-state index contributed by atoms with van der Waals surface area (Å²) in [4.78, 5) is 36.2. The third kappa shape index (κ3) is 3.49. The molecule has 4 atom stereocenters. The first-order valence-corrected chi connectivity index (χ1v) is 10.3. The summed E-state index contributed by atoms with van der Waals surface area (Å²) in [6.07, 6.45) is 0.521. The summed E-state index contributed by atoms with van der Waals surface area (Å²) < 4.78 is 17.5. The fraction of sp³-hybridized carbons (Fsp3) is 0.375. The molecule has 0 aliphatic carbocycles. The number of non-ortho nitro benzene ring substituents is 1. The van der Waals surface area contributed by atoms with E-state index in [1.54, 1.807) is 0 Å². The van der Waals surface area contributed by atoms with Crippen LogP contribution in [0.25, 0.3) is 0 Å². The van der Waals surface area contributed by atoms with Gasteiger partial charge in [-0.2, -0.15) is 0 Å². The van der Waals surface area contributed by atoms with Gasteiger partial charge in [0.25, 0.3) is 5.69 Å². The molecule has 144 valence electrons. The van der Waals surface area contributed by atoms with Crippen LogP contribution in [0.2, 0.25) is 0 Å². The molecular formula is C16H16N2O7S2. The van der Waals surface area contributed by atoms with E-state index in [4.69, 9.17) is 4.74 Å². The number of esters is 1. The van der Waals surface area contributed by atoms with Gasteiger partial charge >= 0.3 is 5.97 Å². The molecule has 1 unspecified atom stereocenters. The summed E-state index contributed by atoms with van der Waals surface area (Å²) in [6.45, 7) is 1.34. The third-order valence-electron chi connectivity index (χ3n) is 4.24. The topological polar surface area (TPSA) is 127 Å². The van der Waals surface area contributed by atoms with Crippen LogP contribution in [-0.4, -0.2) is 48.7 Å². The van der Waals surface area contributed by atoms with Crippen LogP contribution in [0.1, 0.15) is 12.5 Å². The smallest absolute Gasteiger partial charge is 0.357 e. The molecule has 1 aromatic rings. The minimum absolute atomic E-state index is 0.0605. The van der Waals surface area contributed by atoms with Crippen molar-refractivity contribution >= 4 is 40.1 Å². The van der Waals surface area contributed by atoms with E-state index >= 15 is 0 Å².